The van der Waals surface area contributed by atoms with Crippen molar-refractivity contribution in [3.8, 4) is 5.75 Å². The monoisotopic (exact) mass is 375 g/mol. The van der Waals surface area contributed by atoms with Crippen LogP contribution in [-0.4, -0.2) is 18.5 Å². The van der Waals surface area contributed by atoms with Gasteiger partial charge in [-0.15, -0.1) is 0 Å². The summed E-state index contributed by atoms with van der Waals surface area (Å²) in [5.41, 5.74) is 1.48. The molecule has 0 heterocycles. The summed E-state index contributed by atoms with van der Waals surface area (Å²) in [4.78, 5) is 25.5. The van der Waals surface area contributed by atoms with E-state index in [1.807, 2.05) is 25.1 Å². The van der Waals surface area contributed by atoms with Crippen LogP contribution in [0.3, 0.4) is 0 Å². The molecule has 1 N–H and O–H groups in total. The third-order valence-corrected chi connectivity index (χ3v) is 4.02. The molecular formula is C23H21NO4. The fourth-order valence-electron chi connectivity index (χ4n) is 2.70. The van der Waals surface area contributed by atoms with Crippen molar-refractivity contribution < 1.29 is 19.1 Å². The van der Waals surface area contributed by atoms with Crippen molar-refractivity contribution in [1.29, 1.82) is 0 Å². The number of rotatable bonds is 7. The van der Waals surface area contributed by atoms with Crippen molar-refractivity contribution in [2.24, 2.45) is 0 Å². The van der Waals surface area contributed by atoms with Crippen LogP contribution in [0.2, 0.25) is 0 Å². The molecule has 3 aromatic rings. The highest BCUT2D eigenvalue weighted by atomic mass is 16.5. The van der Waals surface area contributed by atoms with E-state index in [1.54, 1.807) is 66.7 Å². The normalized spacial score (nSPS) is 11.3. The highest BCUT2D eigenvalue weighted by Crippen LogP contribution is 2.27. The van der Waals surface area contributed by atoms with Crippen molar-refractivity contribution in [2.75, 3.05) is 11.9 Å². The lowest BCUT2D eigenvalue weighted by Gasteiger charge is -2.19. The smallest absolute Gasteiger partial charge is 0.339 e. The molecule has 0 aliphatic carbocycles. The lowest BCUT2D eigenvalue weighted by Crippen LogP contribution is -2.26. The van der Waals surface area contributed by atoms with E-state index in [9.17, 15) is 9.59 Å². The van der Waals surface area contributed by atoms with E-state index in [2.05, 4.69) is 5.32 Å². The Bertz CT molecular complexity index is 926. The number of ether oxygens (including phenoxy) is 2. The lowest BCUT2D eigenvalue weighted by molar-refractivity contribution is -0.125. The Morgan fingerprint density at radius 1 is 0.857 bits per heavy atom. The summed E-state index contributed by atoms with van der Waals surface area (Å²) in [6.45, 7) is 2.34. The summed E-state index contributed by atoms with van der Waals surface area (Å²) in [6, 6.07) is 24.6. The molecule has 0 aliphatic heterocycles. The van der Waals surface area contributed by atoms with E-state index in [-0.39, 0.29) is 0 Å². The molecule has 0 spiro atoms. The van der Waals surface area contributed by atoms with Crippen LogP contribution in [-0.2, 0) is 9.53 Å². The Labute approximate surface area is 163 Å². The fraction of sp³-hybridized carbons (Fsp3) is 0.130. The molecule has 0 fully saturated rings. The second-order valence-electron chi connectivity index (χ2n) is 5.98. The highest BCUT2D eigenvalue weighted by molar-refractivity contribution is 5.99. The van der Waals surface area contributed by atoms with Gasteiger partial charge in [0.25, 0.3) is 5.91 Å². The van der Waals surface area contributed by atoms with Crippen molar-refractivity contribution in [3.63, 3.8) is 0 Å². The minimum atomic E-state index is -1.09. The maximum atomic E-state index is 13.0. The van der Waals surface area contributed by atoms with Crippen LogP contribution in [0.1, 0.15) is 28.9 Å². The van der Waals surface area contributed by atoms with Crippen LogP contribution >= 0.6 is 0 Å². The molecule has 5 heteroatoms. The Balaban J connectivity index is 1.85. The van der Waals surface area contributed by atoms with Gasteiger partial charge in [0.1, 0.15) is 5.75 Å². The van der Waals surface area contributed by atoms with E-state index < -0.39 is 18.0 Å². The van der Waals surface area contributed by atoms with Gasteiger partial charge in [0.05, 0.1) is 17.9 Å². The van der Waals surface area contributed by atoms with Crippen molar-refractivity contribution in [3.05, 3.63) is 96.1 Å². The lowest BCUT2D eigenvalue weighted by atomic mass is 10.1. The molecule has 0 unspecified atom stereocenters. The topological polar surface area (TPSA) is 64.6 Å². The van der Waals surface area contributed by atoms with E-state index in [0.717, 1.165) is 0 Å². The number of carbonyl (C=O) groups excluding carboxylic acids is 2. The van der Waals surface area contributed by atoms with E-state index in [4.69, 9.17) is 9.47 Å². The average molecular weight is 375 g/mol. The van der Waals surface area contributed by atoms with Gasteiger partial charge < -0.3 is 14.8 Å². The molecule has 1 amide bonds. The quantitative estimate of drug-likeness (QED) is 0.612. The van der Waals surface area contributed by atoms with Gasteiger partial charge in [-0.25, -0.2) is 4.79 Å². The number of hydrogen-bond donors (Lipinski definition) is 1. The third kappa shape index (κ3) is 4.76. The van der Waals surface area contributed by atoms with Crippen molar-refractivity contribution in [2.45, 2.75) is 13.0 Å². The molecule has 0 aromatic heterocycles. The summed E-state index contributed by atoms with van der Waals surface area (Å²) in [5.74, 6) is -0.468. The second kappa shape index (κ2) is 9.37. The van der Waals surface area contributed by atoms with E-state index in [1.165, 1.54) is 0 Å². The number of hydrogen-bond acceptors (Lipinski definition) is 4. The number of benzene rings is 3. The van der Waals surface area contributed by atoms with Gasteiger partial charge in [-0.3, -0.25) is 4.79 Å². The molecule has 0 bridgehead atoms. The van der Waals surface area contributed by atoms with Crippen LogP contribution in [0, 0.1) is 0 Å². The van der Waals surface area contributed by atoms with E-state index >= 15 is 0 Å². The summed E-state index contributed by atoms with van der Waals surface area (Å²) in [5, 5.41) is 2.81. The molecular weight excluding hydrogens is 354 g/mol. The number of anilines is 1. The summed E-state index contributed by atoms with van der Waals surface area (Å²) in [6.07, 6.45) is -1.09. The van der Waals surface area contributed by atoms with Crippen LogP contribution in [0.25, 0.3) is 0 Å². The zero-order valence-electron chi connectivity index (χ0n) is 15.5. The first-order chi connectivity index (χ1) is 13.7. The number of nitrogens with one attached hydrogen (secondary N) is 1. The zero-order chi connectivity index (χ0) is 19.8. The van der Waals surface area contributed by atoms with Gasteiger partial charge in [-0.05, 0) is 31.2 Å². The molecule has 0 radical (unpaired) electrons. The Morgan fingerprint density at radius 2 is 1.46 bits per heavy atom. The molecule has 3 aromatic carbocycles. The Hall–Kier alpha value is -3.60. The predicted octanol–water partition coefficient (Wildman–Crippen LogP) is 4.62. The van der Waals surface area contributed by atoms with Gasteiger partial charge in [0.2, 0.25) is 6.10 Å². The van der Waals surface area contributed by atoms with Crippen molar-refractivity contribution in [1.82, 2.24) is 0 Å². The number of para-hydroxylation sites is 2. The average Bonchev–Trinajstić information content (AvgIpc) is 2.74. The SMILES string of the molecule is CCOc1ccccc1NC(=O)[C@@H](OC(=O)c1ccccc1)c1ccccc1. The predicted molar refractivity (Wildman–Crippen MR) is 107 cm³/mol. The fourth-order valence-corrected chi connectivity index (χ4v) is 2.70. The van der Waals surface area contributed by atoms with Gasteiger partial charge in [-0.2, -0.15) is 0 Å². The standard InChI is InChI=1S/C23H21NO4/c1-2-27-20-16-10-9-15-19(20)24-22(25)21(17-11-5-3-6-12-17)28-23(26)18-13-7-4-8-14-18/h3-16,21H,2H2,1H3,(H,24,25)/t21-/m0/s1. The Morgan fingerprint density at radius 3 is 2.14 bits per heavy atom. The van der Waals surface area contributed by atoms with Crippen molar-refractivity contribution >= 4 is 17.6 Å². The highest BCUT2D eigenvalue weighted by Gasteiger charge is 2.26. The minimum absolute atomic E-state index is 0.381. The minimum Gasteiger partial charge on any atom is -0.492 e. The molecule has 0 aliphatic rings. The van der Waals surface area contributed by atoms with Gasteiger partial charge in [0.15, 0.2) is 0 Å². The number of esters is 1. The molecule has 142 valence electrons. The molecule has 1 atom stereocenters. The summed E-state index contributed by atoms with van der Waals surface area (Å²) in [7, 11) is 0. The molecule has 0 saturated carbocycles. The van der Waals surface area contributed by atoms with Crippen LogP contribution in [0.15, 0.2) is 84.9 Å². The maximum absolute atomic E-state index is 13.0. The Kier molecular flexibility index (Phi) is 6.41. The summed E-state index contributed by atoms with van der Waals surface area (Å²) >= 11 is 0. The number of amides is 1. The third-order valence-electron chi connectivity index (χ3n) is 4.02. The summed E-state index contributed by atoms with van der Waals surface area (Å²) < 4.78 is 11.1. The number of carbonyl (C=O) groups is 2. The molecule has 3 rings (SSSR count). The van der Waals surface area contributed by atoms with Gasteiger partial charge in [-0.1, -0.05) is 60.7 Å². The molecule has 0 saturated heterocycles. The van der Waals surface area contributed by atoms with Crippen LogP contribution in [0.4, 0.5) is 5.69 Å². The van der Waals surface area contributed by atoms with Crippen LogP contribution in [0.5, 0.6) is 5.75 Å². The second-order valence-corrected chi connectivity index (χ2v) is 5.98. The van der Waals surface area contributed by atoms with Gasteiger partial charge in [0, 0.05) is 5.56 Å². The van der Waals surface area contributed by atoms with Gasteiger partial charge >= 0.3 is 5.97 Å². The first-order valence-corrected chi connectivity index (χ1v) is 9.02. The zero-order valence-corrected chi connectivity index (χ0v) is 15.5. The molecule has 28 heavy (non-hydrogen) atoms. The maximum Gasteiger partial charge on any atom is 0.339 e. The van der Waals surface area contributed by atoms with E-state index in [0.29, 0.717) is 29.2 Å². The molecule has 5 nitrogen and oxygen atoms in total. The first kappa shape index (κ1) is 19.2. The first-order valence-electron chi connectivity index (χ1n) is 9.02. The largest absolute Gasteiger partial charge is 0.492 e. The van der Waals surface area contributed by atoms with Crippen LogP contribution < -0.4 is 10.1 Å².